The number of methoxy groups -OCH3 is 1. The summed E-state index contributed by atoms with van der Waals surface area (Å²) in [7, 11) is 1.63. The summed E-state index contributed by atoms with van der Waals surface area (Å²) in [4.78, 5) is 12.0. The van der Waals surface area contributed by atoms with Crippen LogP contribution in [-0.2, 0) is 6.42 Å². The van der Waals surface area contributed by atoms with Gasteiger partial charge in [-0.15, -0.1) is 0 Å². The standard InChI is InChI=1S/C17H17ClN2O2/c1-12(10-13-6-3-4-9-16(13)22-2)19-20-17(21)14-7-5-8-15(18)11-14/h3-9,11H,10H2,1-2H3,(H,20,21)/b19-12-. The number of halogens is 1. The lowest BCUT2D eigenvalue weighted by molar-refractivity contribution is 0.0954. The first kappa shape index (κ1) is 16.0. The van der Waals surface area contributed by atoms with Gasteiger partial charge in [0.2, 0.25) is 0 Å². The summed E-state index contributed by atoms with van der Waals surface area (Å²) in [5, 5.41) is 4.64. The van der Waals surface area contributed by atoms with Crippen LogP contribution in [0.15, 0.2) is 53.6 Å². The zero-order valence-corrected chi connectivity index (χ0v) is 13.2. The number of carbonyl (C=O) groups excluding carboxylic acids is 1. The van der Waals surface area contributed by atoms with Crippen LogP contribution < -0.4 is 10.2 Å². The maximum absolute atomic E-state index is 12.0. The van der Waals surface area contributed by atoms with Crippen LogP contribution in [0.3, 0.4) is 0 Å². The van der Waals surface area contributed by atoms with Gasteiger partial charge in [0.1, 0.15) is 5.75 Å². The van der Waals surface area contributed by atoms with Gasteiger partial charge < -0.3 is 4.74 Å². The molecule has 5 heteroatoms. The average molecular weight is 317 g/mol. The molecule has 22 heavy (non-hydrogen) atoms. The molecule has 0 aliphatic heterocycles. The second-order valence-corrected chi connectivity index (χ2v) is 5.22. The fraction of sp³-hybridized carbons (Fsp3) is 0.176. The number of nitrogens with one attached hydrogen (secondary N) is 1. The molecule has 0 saturated heterocycles. The molecule has 2 rings (SSSR count). The van der Waals surface area contributed by atoms with Crippen molar-refractivity contribution < 1.29 is 9.53 Å². The van der Waals surface area contributed by atoms with E-state index in [0.717, 1.165) is 17.0 Å². The second kappa shape index (κ2) is 7.61. The molecule has 1 N–H and O–H groups in total. The number of hydrogen-bond acceptors (Lipinski definition) is 3. The van der Waals surface area contributed by atoms with Crippen molar-refractivity contribution in [3.8, 4) is 5.75 Å². The number of carbonyl (C=O) groups is 1. The molecule has 0 aliphatic carbocycles. The van der Waals surface area contributed by atoms with E-state index in [1.165, 1.54) is 0 Å². The van der Waals surface area contributed by atoms with E-state index < -0.39 is 0 Å². The highest BCUT2D eigenvalue weighted by atomic mass is 35.5. The Hall–Kier alpha value is -2.33. The monoisotopic (exact) mass is 316 g/mol. The molecule has 2 aromatic carbocycles. The normalized spacial score (nSPS) is 11.1. The lowest BCUT2D eigenvalue weighted by atomic mass is 10.1. The molecule has 0 spiro atoms. The number of nitrogens with zero attached hydrogens (tertiary/aromatic N) is 1. The zero-order chi connectivity index (χ0) is 15.9. The first-order valence-electron chi connectivity index (χ1n) is 6.81. The minimum Gasteiger partial charge on any atom is -0.496 e. The summed E-state index contributed by atoms with van der Waals surface area (Å²) in [6.45, 7) is 1.85. The molecule has 0 atom stereocenters. The summed E-state index contributed by atoms with van der Waals surface area (Å²) in [6.07, 6.45) is 0.597. The molecule has 0 aromatic heterocycles. The van der Waals surface area contributed by atoms with Crippen molar-refractivity contribution >= 4 is 23.2 Å². The van der Waals surface area contributed by atoms with Crippen LogP contribution in [0.5, 0.6) is 5.75 Å². The first-order chi connectivity index (χ1) is 10.6. The number of hydrazone groups is 1. The molecule has 114 valence electrons. The Morgan fingerprint density at radius 3 is 2.73 bits per heavy atom. The van der Waals surface area contributed by atoms with E-state index in [9.17, 15) is 4.79 Å². The molecule has 0 unspecified atom stereocenters. The fourth-order valence-electron chi connectivity index (χ4n) is 2.00. The Labute approximate surface area is 134 Å². The van der Waals surface area contributed by atoms with Crippen LogP contribution in [-0.4, -0.2) is 18.7 Å². The van der Waals surface area contributed by atoms with Gasteiger partial charge in [0.25, 0.3) is 5.91 Å². The number of ether oxygens (including phenoxy) is 1. The van der Waals surface area contributed by atoms with Crippen molar-refractivity contribution in [3.63, 3.8) is 0 Å². The lowest BCUT2D eigenvalue weighted by Gasteiger charge is -2.08. The smallest absolute Gasteiger partial charge is 0.271 e. The Bertz CT molecular complexity index is 699. The number of rotatable bonds is 5. The number of benzene rings is 2. The summed E-state index contributed by atoms with van der Waals surface area (Å²) in [5.74, 6) is 0.514. The molecule has 0 fully saturated rings. The summed E-state index contributed by atoms with van der Waals surface area (Å²) < 4.78 is 5.30. The van der Waals surface area contributed by atoms with Crippen LogP contribution in [0.4, 0.5) is 0 Å². The maximum Gasteiger partial charge on any atom is 0.271 e. The number of para-hydroxylation sites is 1. The fourth-order valence-corrected chi connectivity index (χ4v) is 2.19. The number of hydrogen-bond donors (Lipinski definition) is 1. The Kier molecular flexibility index (Phi) is 5.55. The predicted molar refractivity (Wildman–Crippen MR) is 88.7 cm³/mol. The molecular weight excluding hydrogens is 300 g/mol. The van der Waals surface area contributed by atoms with Gasteiger partial charge in [-0.2, -0.15) is 5.10 Å². The molecule has 2 aromatic rings. The molecule has 0 aliphatic rings. The molecule has 4 nitrogen and oxygen atoms in total. The van der Waals surface area contributed by atoms with Gasteiger partial charge in [-0.1, -0.05) is 35.9 Å². The van der Waals surface area contributed by atoms with E-state index in [0.29, 0.717) is 17.0 Å². The van der Waals surface area contributed by atoms with E-state index in [1.54, 1.807) is 31.4 Å². The van der Waals surface area contributed by atoms with Crippen molar-refractivity contribution in [2.24, 2.45) is 5.10 Å². The molecule has 0 saturated carbocycles. The largest absolute Gasteiger partial charge is 0.496 e. The summed E-state index contributed by atoms with van der Waals surface area (Å²) in [5.41, 5.74) is 4.80. The van der Waals surface area contributed by atoms with E-state index in [1.807, 2.05) is 31.2 Å². The van der Waals surface area contributed by atoms with Crippen molar-refractivity contribution in [1.82, 2.24) is 5.43 Å². The summed E-state index contributed by atoms with van der Waals surface area (Å²) in [6, 6.07) is 14.4. The third-order valence-electron chi connectivity index (χ3n) is 3.07. The second-order valence-electron chi connectivity index (χ2n) is 4.79. The molecule has 0 bridgehead atoms. The van der Waals surface area contributed by atoms with E-state index in [4.69, 9.17) is 16.3 Å². The van der Waals surface area contributed by atoms with E-state index in [-0.39, 0.29) is 5.91 Å². The van der Waals surface area contributed by atoms with E-state index in [2.05, 4.69) is 10.5 Å². The minimum absolute atomic E-state index is 0.290. The molecule has 0 heterocycles. The quantitative estimate of drug-likeness (QED) is 0.675. The Balaban J connectivity index is 2.02. The highest BCUT2D eigenvalue weighted by Gasteiger charge is 2.06. The van der Waals surface area contributed by atoms with Gasteiger partial charge in [-0.05, 0) is 36.8 Å². The Morgan fingerprint density at radius 1 is 1.23 bits per heavy atom. The highest BCUT2D eigenvalue weighted by Crippen LogP contribution is 2.18. The zero-order valence-electron chi connectivity index (χ0n) is 12.5. The third kappa shape index (κ3) is 4.33. The van der Waals surface area contributed by atoms with Crippen LogP contribution >= 0.6 is 11.6 Å². The Morgan fingerprint density at radius 2 is 2.00 bits per heavy atom. The van der Waals surface area contributed by atoms with E-state index >= 15 is 0 Å². The third-order valence-corrected chi connectivity index (χ3v) is 3.31. The van der Waals surface area contributed by atoms with Crippen LogP contribution in [0.1, 0.15) is 22.8 Å². The van der Waals surface area contributed by atoms with Gasteiger partial charge in [-0.25, -0.2) is 5.43 Å². The molecule has 1 amide bonds. The minimum atomic E-state index is -0.290. The van der Waals surface area contributed by atoms with Crippen molar-refractivity contribution in [2.45, 2.75) is 13.3 Å². The van der Waals surface area contributed by atoms with Gasteiger partial charge in [-0.3, -0.25) is 4.79 Å². The molecular formula is C17H17ClN2O2. The summed E-state index contributed by atoms with van der Waals surface area (Å²) >= 11 is 5.86. The number of amides is 1. The highest BCUT2D eigenvalue weighted by molar-refractivity contribution is 6.30. The van der Waals surface area contributed by atoms with Gasteiger partial charge in [0.05, 0.1) is 7.11 Å². The SMILES string of the molecule is COc1ccccc1C/C(C)=N\NC(=O)c1cccc(Cl)c1. The predicted octanol–water partition coefficient (Wildman–Crippen LogP) is 3.70. The topological polar surface area (TPSA) is 50.7 Å². The average Bonchev–Trinajstić information content (AvgIpc) is 2.53. The van der Waals surface area contributed by atoms with Crippen molar-refractivity contribution in [3.05, 3.63) is 64.7 Å². The van der Waals surface area contributed by atoms with Gasteiger partial charge in [0.15, 0.2) is 0 Å². The maximum atomic E-state index is 12.0. The van der Waals surface area contributed by atoms with Crippen molar-refractivity contribution in [2.75, 3.05) is 7.11 Å². The first-order valence-corrected chi connectivity index (χ1v) is 7.19. The van der Waals surface area contributed by atoms with Crippen LogP contribution in [0, 0.1) is 0 Å². The van der Waals surface area contributed by atoms with Crippen LogP contribution in [0.2, 0.25) is 5.02 Å². The van der Waals surface area contributed by atoms with Gasteiger partial charge >= 0.3 is 0 Å². The van der Waals surface area contributed by atoms with Gasteiger partial charge in [0, 0.05) is 22.7 Å². The van der Waals surface area contributed by atoms with Crippen molar-refractivity contribution in [1.29, 1.82) is 0 Å². The lowest BCUT2D eigenvalue weighted by Crippen LogP contribution is -2.19. The molecule has 0 radical (unpaired) electrons. The van der Waals surface area contributed by atoms with Crippen LogP contribution in [0.25, 0.3) is 0 Å².